The number of hydrogen-bond donors (Lipinski definition) is 1. The highest BCUT2D eigenvalue weighted by Crippen LogP contribution is 2.33. The molecular formula is C12H19NO3. The molecule has 0 aliphatic heterocycles. The summed E-state index contributed by atoms with van der Waals surface area (Å²) in [6.07, 6.45) is 0. The van der Waals surface area contributed by atoms with E-state index in [1.807, 2.05) is 31.1 Å². The van der Waals surface area contributed by atoms with Crippen molar-refractivity contribution >= 4 is 0 Å². The van der Waals surface area contributed by atoms with Crippen LogP contribution < -0.4 is 9.47 Å². The Morgan fingerprint density at radius 2 is 1.88 bits per heavy atom. The van der Waals surface area contributed by atoms with E-state index in [2.05, 4.69) is 0 Å². The van der Waals surface area contributed by atoms with E-state index >= 15 is 0 Å². The first-order valence-electron chi connectivity index (χ1n) is 5.12. The minimum absolute atomic E-state index is 0.0520. The molecule has 0 aliphatic carbocycles. The van der Waals surface area contributed by atoms with Gasteiger partial charge in [-0.05, 0) is 25.7 Å². The third kappa shape index (κ3) is 2.65. The van der Waals surface area contributed by atoms with Gasteiger partial charge in [0.15, 0.2) is 11.5 Å². The third-order valence-electron chi connectivity index (χ3n) is 2.39. The van der Waals surface area contributed by atoms with E-state index < -0.39 is 0 Å². The molecule has 0 aliphatic rings. The number of nitrogens with zero attached hydrogens (tertiary/aromatic N) is 1. The topological polar surface area (TPSA) is 41.9 Å². The molecule has 1 aromatic carbocycles. The van der Waals surface area contributed by atoms with Crippen LogP contribution in [-0.4, -0.2) is 38.3 Å². The first-order chi connectivity index (χ1) is 7.63. The monoisotopic (exact) mass is 225 g/mol. The molecule has 0 radical (unpaired) electrons. The van der Waals surface area contributed by atoms with Crippen LogP contribution in [0.1, 0.15) is 11.1 Å². The molecule has 0 heterocycles. The molecule has 0 aromatic heterocycles. The molecule has 16 heavy (non-hydrogen) atoms. The van der Waals surface area contributed by atoms with Crippen molar-refractivity contribution in [3.8, 4) is 11.5 Å². The lowest BCUT2D eigenvalue weighted by Crippen LogP contribution is -2.13. The van der Waals surface area contributed by atoms with Gasteiger partial charge in [0.25, 0.3) is 0 Å². The number of methoxy groups -OCH3 is 2. The highest BCUT2D eigenvalue weighted by atomic mass is 16.5. The molecule has 0 atom stereocenters. The van der Waals surface area contributed by atoms with Crippen molar-refractivity contribution in [1.82, 2.24) is 4.90 Å². The van der Waals surface area contributed by atoms with E-state index in [1.165, 1.54) is 0 Å². The molecule has 0 saturated carbocycles. The Labute approximate surface area is 96.4 Å². The van der Waals surface area contributed by atoms with E-state index in [0.717, 1.165) is 17.7 Å². The average molecular weight is 225 g/mol. The summed E-state index contributed by atoms with van der Waals surface area (Å²) in [5.41, 5.74) is 1.83. The average Bonchev–Trinajstić information content (AvgIpc) is 2.27. The molecule has 1 aromatic rings. The van der Waals surface area contributed by atoms with Crippen molar-refractivity contribution in [2.75, 3.05) is 28.3 Å². The van der Waals surface area contributed by atoms with Crippen molar-refractivity contribution in [2.24, 2.45) is 0 Å². The van der Waals surface area contributed by atoms with Crippen LogP contribution in [0.3, 0.4) is 0 Å². The lowest BCUT2D eigenvalue weighted by Gasteiger charge is -2.17. The van der Waals surface area contributed by atoms with Crippen molar-refractivity contribution < 1.29 is 14.6 Å². The summed E-state index contributed by atoms with van der Waals surface area (Å²) in [5.74, 6) is 1.26. The Hall–Kier alpha value is -1.26. The zero-order chi connectivity index (χ0) is 12.1. The lowest BCUT2D eigenvalue weighted by atomic mass is 10.1. The zero-order valence-electron chi connectivity index (χ0n) is 10.3. The van der Waals surface area contributed by atoms with Gasteiger partial charge < -0.3 is 19.5 Å². The summed E-state index contributed by atoms with van der Waals surface area (Å²) in [5, 5.41) is 9.41. The highest BCUT2D eigenvalue weighted by Gasteiger charge is 2.14. The van der Waals surface area contributed by atoms with Gasteiger partial charge in [-0.1, -0.05) is 6.07 Å². The van der Waals surface area contributed by atoms with Gasteiger partial charge in [0.05, 0.1) is 20.8 Å². The van der Waals surface area contributed by atoms with Gasteiger partial charge in [0, 0.05) is 12.1 Å². The quantitative estimate of drug-likeness (QED) is 0.819. The molecule has 0 fully saturated rings. The van der Waals surface area contributed by atoms with Crippen molar-refractivity contribution in [2.45, 2.75) is 13.2 Å². The lowest BCUT2D eigenvalue weighted by molar-refractivity contribution is 0.266. The fourth-order valence-electron chi connectivity index (χ4n) is 1.69. The van der Waals surface area contributed by atoms with Gasteiger partial charge in [-0.15, -0.1) is 0 Å². The molecule has 0 amide bonds. The minimum atomic E-state index is -0.0520. The number of rotatable bonds is 5. The summed E-state index contributed by atoms with van der Waals surface area (Å²) in [6, 6.07) is 3.81. The van der Waals surface area contributed by atoms with Gasteiger partial charge in [0.1, 0.15) is 0 Å². The first kappa shape index (κ1) is 12.8. The predicted octanol–water partition coefficient (Wildman–Crippen LogP) is 1.26. The van der Waals surface area contributed by atoms with Crippen LogP contribution in [0.15, 0.2) is 12.1 Å². The molecule has 0 spiro atoms. The van der Waals surface area contributed by atoms with E-state index in [-0.39, 0.29) is 6.61 Å². The molecular weight excluding hydrogens is 206 g/mol. The molecule has 90 valence electrons. The smallest absolute Gasteiger partial charge is 0.166 e. The van der Waals surface area contributed by atoms with Crippen LogP contribution in [0.2, 0.25) is 0 Å². The van der Waals surface area contributed by atoms with E-state index in [1.54, 1.807) is 14.2 Å². The predicted molar refractivity (Wildman–Crippen MR) is 62.9 cm³/mol. The fourth-order valence-corrected chi connectivity index (χ4v) is 1.69. The fraction of sp³-hybridized carbons (Fsp3) is 0.500. The van der Waals surface area contributed by atoms with Crippen molar-refractivity contribution in [3.05, 3.63) is 23.3 Å². The maximum atomic E-state index is 9.41. The maximum absolute atomic E-state index is 9.41. The van der Waals surface area contributed by atoms with Crippen LogP contribution in [0, 0.1) is 0 Å². The summed E-state index contributed by atoms with van der Waals surface area (Å²) in [4.78, 5) is 2.04. The minimum Gasteiger partial charge on any atom is -0.493 e. The standard InChI is InChI=1S/C12H19NO3/c1-13(2)7-9-5-6-11(15-3)12(16-4)10(9)8-14/h5-6,14H,7-8H2,1-4H3. The molecule has 1 rings (SSSR count). The molecule has 4 nitrogen and oxygen atoms in total. The van der Waals surface area contributed by atoms with Crippen molar-refractivity contribution in [1.29, 1.82) is 0 Å². The Bertz CT molecular complexity index is 350. The second-order valence-corrected chi connectivity index (χ2v) is 3.83. The molecule has 0 saturated heterocycles. The van der Waals surface area contributed by atoms with Crippen LogP contribution >= 0.6 is 0 Å². The summed E-state index contributed by atoms with van der Waals surface area (Å²) < 4.78 is 10.5. The number of benzene rings is 1. The summed E-state index contributed by atoms with van der Waals surface area (Å²) in [7, 11) is 7.14. The number of ether oxygens (including phenoxy) is 2. The van der Waals surface area contributed by atoms with Crippen LogP contribution in [0.5, 0.6) is 11.5 Å². The Morgan fingerprint density at radius 3 is 2.31 bits per heavy atom. The molecule has 4 heteroatoms. The Kier molecular flexibility index (Phi) is 4.58. The molecule has 0 bridgehead atoms. The van der Waals surface area contributed by atoms with Crippen LogP contribution in [-0.2, 0) is 13.2 Å². The second kappa shape index (κ2) is 5.72. The van der Waals surface area contributed by atoms with Crippen LogP contribution in [0.4, 0.5) is 0 Å². The van der Waals surface area contributed by atoms with Gasteiger partial charge in [-0.3, -0.25) is 0 Å². The number of aliphatic hydroxyl groups is 1. The Balaban J connectivity index is 3.20. The van der Waals surface area contributed by atoms with Crippen LogP contribution in [0.25, 0.3) is 0 Å². The van der Waals surface area contributed by atoms with E-state index in [9.17, 15) is 5.11 Å². The summed E-state index contributed by atoms with van der Waals surface area (Å²) in [6.45, 7) is 0.708. The SMILES string of the molecule is COc1ccc(CN(C)C)c(CO)c1OC. The van der Waals surface area contributed by atoms with Gasteiger partial charge in [-0.25, -0.2) is 0 Å². The van der Waals surface area contributed by atoms with E-state index in [0.29, 0.717) is 11.5 Å². The Morgan fingerprint density at radius 1 is 1.19 bits per heavy atom. The largest absolute Gasteiger partial charge is 0.493 e. The third-order valence-corrected chi connectivity index (χ3v) is 2.39. The number of hydrogen-bond acceptors (Lipinski definition) is 4. The normalized spacial score (nSPS) is 10.6. The number of aliphatic hydroxyl groups excluding tert-OH is 1. The van der Waals surface area contributed by atoms with Gasteiger partial charge >= 0.3 is 0 Å². The zero-order valence-corrected chi connectivity index (χ0v) is 10.3. The second-order valence-electron chi connectivity index (χ2n) is 3.83. The van der Waals surface area contributed by atoms with Gasteiger partial charge in [-0.2, -0.15) is 0 Å². The van der Waals surface area contributed by atoms with Gasteiger partial charge in [0.2, 0.25) is 0 Å². The summed E-state index contributed by atoms with van der Waals surface area (Å²) >= 11 is 0. The van der Waals surface area contributed by atoms with E-state index in [4.69, 9.17) is 9.47 Å². The molecule has 1 N–H and O–H groups in total. The molecule has 0 unspecified atom stereocenters. The van der Waals surface area contributed by atoms with Crippen molar-refractivity contribution in [3.63, 3.8) is 0 Å². The maximum Gasteiger partial charge on any atom is 0.166 e. The highest BCUT2D eigenvalue weighted by molar-refractivity contribution is 5.50. The first-order valence-corrected chi connectivity index (χ1v) is 5.12.